The summed E-state index contributed by atoms with van der Waals surface area (Å²) in [7, 11) is 0. The van der Waals surface area contributed by atoms with Crippen LogP contribution in [0.2, 0.25) is 0 Å². The molecule has 0 spiro atoms. The molecule has 1 N–H and O–H groups in total. The summed E-state index contributed by atoms with van der Waals surface area (Å²) < 4.78 is 0. The Kier molecular flexibility index (Phi) is 4.12. The van der Waals surface area contributed by atoms with E-state index in [0.717, 1.165) is 19.5 Å². The predicted octanol–water partition coefficient (Wildman–Crippen LogP) is 1.61. The Hall–Kier alpha value is -1.65. The molecule has 1 atom stereocenters. The van der Waals surface area contributed by atoms with E-state index in [-0.39, 0.29) is 11.9 Å². The van der Waals surface area contributed by atoms with Gasteiger partial charge in [-0.2, -0.15) is 0 Å². The van der Waals surface area contributed by atoms with Crippen LogP contribution in [0.4, 0.5) is 5.95 Å². The molecule has 98 valence electrons. The summed E-state index contributed by atoms with van der Waals surface area (Å²) in [5.74, 6) is 0.552. The summed E-state index contributed by atoms with van der Waals surface area (Å²) in [5.41, 5.74) is 0.451. The second-order valence-corrected chi connectivity index (χ2v) is 4.72. The quantitative estimate of drug-likeness (QED) is 0.879. The van der Waals surface area contributed by atoms with E-state index in [1.807, 2.05) is 13.8 Å². The van der Waals surface area contributed by atoms with Gasteiger partial charge in [0.2, 0.25) is 5.95 Å². The molecule has 1 saturated heterocycles. The number of hydrogen-bond donors (Lipinski definition) is 1. The molecule has 1 aliphatic rings. The van der Waals surface area contributed by atoms with Crippen LogP contribution in [0.1, 0.15) is 43.6 Å². The summed E-state index contributed by atoms with van der Waals surface area (Å²) in [4.78, 5) is 22.7. The molecule has 0 aromatic carbocycles. The van der Waals surface area contributed by atoms with E-state index >= 15 is 0 Å². The van der Waals surface area contributed by atoms with E-state index in [1.54, 1.807) is 12.3 Å². The van der Waals surface area contributed by atoms with Crippen LogP contribution in [0.3, 0.4) is 0 Å². The highest BCUT2D eigenvalue weighted by atomic mass is 16.1. The maximum Gasteiger partial charge on any atom is 0.270 e. The van der Waals surface area contributed by atoms with Crippen LogP contribution in [0, 0.1) is 0 Å². The fraction of sp³-hybridized carbons (Fsp3) is 0.615. The van der Waals surface area contributed by atoms with Crippen molar-refractivity contribution in [2.75, 3.05) is 18.0 Å². The Labute approximate surface area is 108 Å². The molecule has 18 heavy (non-hydrogen) atoms. The number of rotatable bonds is 4. The number of hydrogen-bond acceptors (Lipinski definition) is 4. The molecule has 2 rings (SSSR count). The van der Waals surface area contributed by atoms with E-state index in [4.69, 9.17) is 0 Å². The average molecular weight is 248 g/mol. The fourth-order valence-corrected chi connectivity index (χ4v) is 1.94. The first-order valence-electron chi connectivity index (χ1n) is 6.59. The maximum absolute atomic E-state index is 12.0. The standard InChI is InChI=1S/C13H20N4O/c1-3-10(2)15-12(18)11-6-7-14-13(16-11)17-8-4-5-9-17/h6-7,10H,3-5,8-9H2,1-2H3,(H,15,18). The summed E-state index contributed by atoms with van der Waals surface area (Å²) in [6.45, 7) is 5.99. The Morgan fingerprint density at radius 1 is 1.50 bits per heavy atom. The third-order valence-electron chi connectivity index (χ3n) is 3.25. The van der Waals surface area contributed by atoms with Gasteiger partial charge in [-0.15, -0.1) is 0 Å². The summed E-state index contributed by atoms with van der Waals surface area (Å²) in [6, 6.07) is 1.83. The lowest BCUT2D eigenvalue weighted by atomic mass is 10.2. The highest BCUT2D eigenvalue weighted by Crippen LogP contribution is 2.15. The third-order valence-corrected chi connectivity index (χ3v) is 3.25. The van der Waals surface area contributed by atoms with E-state index < -0.39 is 0 Å². The van der Waals surface area contributed by atoms with Crippen molar-refractivity contribution in [3.05, 3.63) is 18.0 Å². The Morgan fingerprint density at radius 3 is 2.89 bits per heavy atom. The van der Waals surface area contributed by atoms with Crippen molar-refractivity contribution in [1.29, 1.82) is 0 Å². The van der Waals surface area contributed by atoms with E-state index in [1.165, 1.54) is 12.8 Å². The minimum absolute atomic E-state index is 0.118. The predicted molar refractivity (Wildman–Crippen MR) is 70.7 cm³/mol. The number of nitrogens with one attached hydrogen (secondary N) is 1. The largest absolute Gasteiger partial charge is 0.348 e. The highest BCUT2D eigenvalue weighted by Gasteiger charge is 2.17. The van der Waals surface area contributed by atoms with Crippen molar-refractivity contribution in [3.8, 4) is 0 Å². The summed E-state index contributed by atoms with van der Waals surface area (Å²) in [6.07, 6.45) is 4.92. The molecule has 1 aromatic heterocycles. The van der Waals surface area contributed by atoms with Crippen molar-refractivity contribution >= 4 is 11.9 Å². The Balaban J connectivity index is 2.08. The van der Waals surface area contributed by atoms with Gasteiger partial charge in [-0.05, 0) is 32.3 Å². The molecule has 1 amide bonds. The molecule has 0 bridgehead atoms. The number of nitrogens with zero attached hydrogens (tertiary/aromatic N) is 3. The monoisotopic (exact) mass is 248 g/mol. The number of carbonyl (C=O) groups excluding carboxylic acids is 1. The second-order valence-electron chi connectivity index (χ2n) is 4.72. The van der Waals surface area contributed by atoms with Crippen molar-refractivity contribution in [2.24, 2.45) is 0 Å². The molecular weight excluding hydrogens is 228 g/mol. The molecule has 5 nitrogen and oxygen atoms in total. The first kappa shape index (κ1) is 12.8. The molecular formula is C13H20N4O. The first-order valence-corrected chi connectivity index (χ1v) is 6.59. The summed E-state index contributed by atoms with van der Waals surface area (Å²) >= 11 is 0. The van der Waals surface area contributed by atoms with Gasteiger partial charge in [-0.1, -0.05) is 6.92 Å². The normalized spacial score (nSPS) is 16.7. The van der Waals surface area contributed by atoms with E-state index in [0.29, 0.717) is 11.6 Å². The lowest BCUT2D eigenvalue weighted by Crippen LogP contribution is -2.33. The zero-order chi connectivity index (χ0) is 13.0. The lowest BCUT2D eigenvalue weighted by Gasteiger charge is -2.16. The molecule has 0 radical (unpaired) electrons. The molecule has 0 saturated carbocycles. The van der Waals surface area contributed by atoms with Crippen LogP contribution in [-0.2, 0) is 0 Å². The zero-order valence-corrected chi connectivity index (χ0v) is 11.0. The molecule has 0 aliphatic carbocycles. The number of carbonyl (C=O) groups is 1. The molecule has 1 aliphatic heterocycles. The minimum atomic E-state index is -0.118. The van der Waals surface area contributed by atoms with Crippen molar-refractivity contribution < 1.29 is 4.79 Å². The van der Waals surface area contributed by atoms with Gasteiger partial charge in [0, 0.05) is 25.3 Å². The van der Waals surface area contributed by atoms with Crippen LogP contribution in [0.5, 0.6) is 0 Å². The smallest absolute Gasteiger partial charge is 0.270 e. The van der Waals surface area contributed by atoms with Gasteiger partial charge in [0.05, 0.1) is 0 Å². The van der Waals surface area contributed by atoms with Gasteiger partial charge in [0.25, 0.3) is 5.91 Å². The van der Waals surface area contributed by atoms with E-state index in [2.05, 4.69) is 20.2 Å². The van der Waals surface area contributed by atoms with Crippen molar-refractivity contribution in [3.63, 3.8) is 0 Å². The fourth-order valence-electron chi connectivity index (χ4n) is 1.94. The Bertz CT molecular complexity index is 415. The second kappa shape index (κ2) is 5.80. The molecule has 5 heteroatoms. The number of anilines is 1. The van der Waals surface area contributed by atoms with E-state index in [9.17, 15) is 4.79 Å². The van der Waals surface area contributed by atoms with Crippen molar-refractivity contribution in [2.45, 2.75) is 39.2 Å². The van der Waals surface area contributed by atoms with Gasteiger partial charge in [0.15, 0.2) is 0 Å². The van der Waals surface area contributed by atoms with Crippen LogP contribution >= 0.6 is 0 Å². The molecule has 1 aromatic rings. The van der Waals surface area contributed by atoms with Crippen LogP contribution in [0.25, 0.3) is 0 Å². The topological polar surface area (TPSA) is 58.1 Å². The molecule has 2 heterocycles. The summed E-state index contributed by atoms with van der Waals surface area (Å²) in [5, 5.41) is 2.92. The van der Waals surface area contributed by atoms with Crippen LogP contribution in [0.15, 0.2) is 12.3 Å². The number of amides is 1. The molecule has 1 fully saturated rings. The van der Waals surface area contributed by atoms with Crippen LogP contribution < -0.4 is 10.2 Å². The lowest BCUT2D eigenvalue weighted by molar-refractivity contribution is 0.0934. The van der Waals surface area contributed by atoms with Gasteiger partial charge >= 0.3 is 0 Å². The van der Waals surface area contributed by atoms with Gasteiger partial charge in [-0.25, -0.2) is 9.97 Å². The van der Waals surface area contributed by atoms with Gasteiger partial charge in [0.1, 0.15) is 5.69 Å². The van der Waals surface area contributed by atoms with Gasteiger partial charge < -0.3 is 10.2 Å². The molecule has 1 unspecified atom stereocenters. The van der Waals surface area contributed by atoms with Crippen LogP contribution in [-0.4, -0.2) is 35.0 Å². The SMILES string of the molecule is CCC(C)NC(=O)c1ccnc(N2CCCC2)n1. The third kappa shape index (κ3) is 2.97. The maximum atomic E-state index is 12.0. The zero-order valence-electron chi connectivity index (χ0n) is 11.0. The minimum Gasteiger partial charge on any atom is -0.348 e. The Morgan fingerprint density at radius 2 is 2.22 bits per heavy atom. The average Bonchev–Trinajstić information content (AvgIpc) is 2.92. The first-order chi connectivity index (χ1) is 8.70. The highest BCUT2D eigenvalue weighted by molar-refractivity contribution is 5.92. The number of aromatic nitrogens is 2. The van der Waals surface area contributed by atoms with Crippen molar-refractivity contribution in [1.82, 2.24) is 15.3 Å². The van der Waals surface area contributed by atoms with Gasteiger partial charge in [-0.3, -0.25) is 4.79 Å².